The molecule has 4 saturated heterocycles. The average molecular weight is 1010 g/mol. The highest BCUT2D eigenvalue weighted by Gasteiger charge is 2.54. The summed E-state index contributed by atoms with van der Waals surface area (Å²) in [4.78, 5) is 61.6. The molecule has 14 nitrogen and oxygen atoms in total. The summed E-state index contributed by atoms with van der Waals surface area (Å²) >= 11 is 3.16. The average Bonchev–Trinajstić information content (AvgIpc) is 3.94. The third-order valence-electron chi connectivity index (χ3n) is 16.1. The Hall–Kier alpha value is -3.22. The van der Waals surface area contributed by atoms with Gasteiger partial charge >= 0.3 is 0 Å². The molecular formula is C54H84N4O10S2. The minimum absolute atomic E-state index is 0.0170. The van der Waals surface area contributed by atoms with Crippen LogP contribution in [0.15, 0.2) is 21.9 Å². The van der Waals surface area contributed by atoms with Crippen molar-refractivity contribution >= 4 is 58.2 Å². The van der Waals surface area contributed by atoms with E-state index >= 15 is 0 Å². The number of nitrogens with zero attached hydrogens (tertiary/aromatic N) is 2. The first kappa shape index (κ1) is 57.7. The molecular weight excluding hydrogens is 929 g/mol. The van der Waals surface area contributed by atoms with E-state index in [4.69, 9.17) is 9.47 Å². The number of rotatable bonds is 4. The number of aromatic nitrogens is 2. The zero-order valence-electron chi connectivity index (χ0n) is 44.3. The second kappa shape index (κ2) is 23.3. The standard InChI is InChI=1S/2C27H42N2O5S/c2*1-15-9-8-10-27(7)22(34-27)12-20(16(2)11-19-14-35-18(4)28-19)29-23(31)13-21(30)26(5,6)25(33)17(3)24(15)32/h2*11,14-15,17,20-22,24,30,32H,8-10,12-13H2,1-7H3,(H,29,31)/b2*16-11+/t2*15-,17+,20-,21-,22-,24-,27+/m00/s1. The number of fused-ring (bicyclic) bond motifs is 2. The molecule has 2 amide bonds. The molecule has 2 aromatic heterocycles. The molecule has 6 N–H and O–H groups in total. The summed E-state index contributed by atoms with van der Waals surface area (Å²) in [6, 6.07) is -0.537. The lowest BCUT2D eigenvalue weighted by atomic mass is 9.72. The summed E-state index contributed by atoms with van der Waals surface area (Å²) in [6.45, 7) is 26.0. The highest BCUT2D eigenvalue weighted by molar-refractivity contribution is 7.09. The number of aliphatic hydroxyl groups is 4. The molecule has 2 aromatic rings. The molecule has 0 radical (unpaired) electrons. The molecule has 0 saturated carbocycles. The second-order valence-corrected chi connectivity index (χ2v) is 24.9. The predicted octanol–water partition coefficient (Wildman–Crippen LogP) is 8.10. The number of hydrogen-bond acceptors (Lipinski definition) is 14. The SMILES string of the molecule is C/C(=C\c1csc(C)n1)[C@@H]1C[C@@H]2O[C@]2(C)CCC[C@H](C)[C@H](O)[C@@H](C)C(=O)C(C)(C)[C@@H](O)CC(=O)N1.C/C(=C\c1csc(C)n1)[C@@H]1C[C@@H]2O[C@]2(C)CCC[C@H](C)[C@H](O)[C@@H](C)C(=O)C(C)(C)[C@@H](O)CC(=O)N1. The van der Waals surface area contributed by atoms with Crippen LogP contribution in [-0.4, -0.2) is 114 Å². The Morgan fingerprint density at radius 1 is 0.629 bits per heavy atom. The van der Waals surface area contributed by atoms with Crippen LogP contribution in [0.5, 0.6) is 0 Å². The summed E-state index contributed by atoms with van der Waals surface area (Å²) < 4.78 is 12.2. The lowest BCUT2D eigenvalue weighted by molar-refractivity contribution is -0.144. The van der Waals surface area contributed by atoms with Gasteiger partial charge in [-0.15, -0.1) is 22.7 Å². The van der Waals surface area contributed by atoms with Crippen molar-refractivity contribution < 1.29 is 49.1 Å². The number of nitrogens with one attached hydrogen (secondary N) is 2. The van der Waals surface area contributed by atoms with Crippen LogP contribution in [0.1, 0.15) is 169 Å². The molecule has 0 unspecified atom stereocenters. The highest BCUT2D eigenvalue weighted by Crippen LogP contribution is 2.46. The molecule has 6 heterocycles. The largest absolute Gasteiger partial charge is 0.392 e. The fraction of sp³-hybridized carbons (Fsp3) is 0.741. The highest BCUT2D eigenvalue weighted by atomic mass is 32.1. The van der Waals surface area contributed by atoms with Crippen molar-refractivity contribution in [1.82, 2.24) is 20.6 Å². The molecule has 14 atom stereocenters. The van der Waals surface area contributed by atoms with E-state index in [0.717, 1.165) is 71.1 Å². The minimum atomic E-state index is -1.17. The van der Waals surface area contributed by atoms with Crippen molar-refractivity contribution in [1.29, 1.82) is 0 Å². The number of thiazole rings is 2. The number of carbonyl (C=O) groups is 4. The summed E-state index contributed by atoms with van der Waals surface area (Å²) in [5.41, 5.74) is 0.821. The van der Waals surface area contributed by atoms with Crippen LogP contribution in [0, 0.1) is 48.3 Å². The van der Waals surface area contributed by atoms with E-state index in [1.54, 1.807) is 64.2 Å². The molecule has 0 aromatic carbocycles. The summed E-state index contributed by atoms with van der Waals surface area (Å²) in [6.07, 6.45) is 5.98. The molecule has 6 rings (SSSR count). The molecule has 4 aliphatic heterocycles. The van der Waals surface area contributed by atoms with Gasteiger partial charge in [-0.2, -0.15) is 0 Å². The zero-order valence-corrected chi connectivity index (χ0v) is 45.9. The van der Waals surface area contributed by atoms with Gasteiger partial charge in [0.2, 0.25) is 11.8 Å². The molecule has 4 fully saturated rings. The van der Waals surface area contributed by atoms with Gasteiger partial charge in [0.25, 0.3) is 0 Å². The van der Waals surface area contributed by atoms with Gasteiger partial charge < -0.3 is 40.5 Å². The maximum Gasteiger partial charge on any atom is 0.223 e. The quantitative estimate of drug-likeness (QED) is 0.160. The fourth-order valence-corrected chi connectivity index (χ4v) is 11.5. The van der Waals surface area contributed by atoms with Crippen molar-refractivity contribution in [2.24, 2.45) is 34.5 Å². The Kier molecular flexibility index (Phi) is 19.2. The number of aryl methyl sites for hydroxylation is 2. The Bertz CT molecular complexity index is 2070. The molecule has 0 aliphatic carbocycles. The van der Waals surface area contributed by atoms with Gasteiger partial charge in [0, 0.05) is 35.4 Å². The second-order valence-electron chi connectivity index (χ2n) is 22.8. The zero-order chi connectivity index (χ0) is 52.3. The van der Waals surface area contributed by atoms with Crippen molar-refractivity contribution in [2.45, 2.75) is 221 Å². The first-order valence-electron chi connectivity index (χ1n) is 25.4. The Morgan fingerprint density at radius 2 is 0.971 bits per heavy atom. The molecule has 0 bridgehead atoms. The Balaban J connectivity index is 0.000000261. The van der Waals surface area contributed by atoms with Gasteiger partial charge in [-0.1, -0.05) is 68.2 Å². The maximum atomic E-state index is 13.2. The van der Waals surface area contributed by atoms with E-state index in [-0.39, 0.29) is 83.6 Å². The number of hydrogen-bond donors (Lipinski definition) is 6. The van der Waals surface area contributed by atoms with Gasteiger partial charge in [-0.25, -0.2) is 9.97 Å². The van der Waals surface area contributed by atoms with Gasteiger partial charge in [0.15, 0.2) is 0 Å². The minimum Gasteiger partial charge on any atom is -0.392 e. The number of ketones is 2. The number of amides is 2. The number of epoxide rings is 2. The van der Waals surface area contributed by atoms with Crippen LogP contribution < -0.4 is 10.6 Å². The third kappa shape index (κ3) is 14.5. The van der Waals surface area contributed by atoms with Crippen molar-refractivity contribution in [3.8, 4) is 0 Å². The van der Waals surface area contributed by atoms with Crippen molar-refractivity contribution in [3.05, 3.63) is 43.3 Å². The van der Waals surface area contributed by atoms with E-state index in [9.17, 15) is 39.6 Å². The van der Waals surface area contributed by atoms with Gasteiger partial charge in [-0.05, 0) is 102 Å². The van der Waals surface area contributed by atoms with E-state index < -0.39 is 47.1 Å². The normalized spacial score (nSPS) is 37.5. The third-order valence-corrected chi connectivity index (χ3v) is 17.7. The smallest absolute Gasteiger partial charge is 0.223 e. The van der Waals surface area contributed by atoms with Gasteiger partial charge in [-0.3, -0.25) is 19.2 Å². The lowest BCUT2D eigenvalue weighted by Crippen LogP contribution is -2.47. The number of aliphatic hydroxyl groups excluding tert-OH is 4. The van der Waals surface area contributed by atoms with E-state index in [1.165, 1.54) is 0 Å². The molecule has 16 heteroatoms. The number of ether oxygens (including phenoxy) is 2. The topological polar surface area (TPSA) is 224 Å². The molecule has 392 valence electrons. The van der Waals surface area contributed by atoms with Gasteiger partial charge in [0.05, 0.1) is 105 Å². The maximum absolute atomic E-state index is 13.2. The van der Waals surface area contributed by atoms with Crippen LogP contribution in [0.2, 0.25) is 0 Å². The van der Waals surface area contributed by atoms with Crippen LogP contribution in [0.3, 0.4) is 0 Å². The summed E-state index contributed by atoms with van der Waals surface area (Å²) in [5, 5.41) is 55.6. The fourth-order valence-electron chi connectivity index (χ4n) is 10.4. The van der Waals surface area contributed by atoms with E-state index in [2.05, 4.69) is 34.4 Å². The molecule has 0 spiro atoms. The monoisotopic (exact) mass is 1010 g/mol. The molecule has 4 aliphatic rings. The lowest BCUT2D eigenvalue weighted by Gasteiger charge is -2.34. The van der Waals surface area contributed by atoms with Crippen molar-refractivity contribution in [2.75, 3.05) is 0 Å². The van der Waals surface area contributed by atoms with Crippen molar-refractivity contribution in [3.63, 3.8) is 0 Å². The van der Waals surface area contributed by atoms with Crippen LogP contribution in [-0.2, 0) is 28.7 Å². The summed E-state index contributed by atoms with van der Waals surface area (Å²) in [7, 11) is 0. The summed E-state index contributed by atoms with van der Waals surface area (Å²) in [5.74, 6) is -2.47. The Morgan fingerprint density at radius 3 is 1.29 bits per heavy atom. The van der Waals surface area contributed by atoms with E-state index in [0.29, 0.717) is 12.8 Å². The molecule has 70 heavy (non-hydrogen) atoms. The predicted molar refractivity (Wildman–Crippen MR) is 276 cm³/mol. The number of carbonyl (C=O) groups excluding carboxylic acids is 4. The first-order valence-corrected chi connectivity index (χ1v) is 27.2. The van der Waals surface area contributed by atoms with Crippen LogP contribution in [0.4, 0.5) is 0 Å². The number of Topliss-reactive ketones (excluding diaryl/α,β-unsaturated/α-hetero) is 2. The van der Waals surface area contributed by atoms with Crippen LogP contribution >= 0.6 is 22.7 Å². The first-order chi connectivity index (χ1) is 32.5. The van der Waals surface area contributed by atoms with Gasteiger partial charge in [0.1, 0.15) is 11.6 Å². The van der Waals surface area contributed by atoms with E-state index in [1.807, 2.05) is 64.5 Å². The Labute approximate surface area is 424 Å². The van der Waals surface area contributed by atoms with Crippen LogP contribution in [0.25, 0.3) is 12.2 Å².